The molecule has 0 aromatic heterocycles. The Bertz CT molecular complexity index is 478. The molecule has 0 amide bonds. The van der Waals surface area contributed by atoms with Crippen molar-refractivity contribution in [1.82, 2.24) is 0 Å². The molecule has 1 N–H and O–H groups in total. The average Bonchev–Trinajstić information content (AvgIpc) is 2.68. The van der Waals surface area contributed by atoms with Crippen LogP contribution in [0.2, 0.25) is 0 Å². The highest BCUT2D eigenvalue weighted by Crippen LogP contribution is 2.32. The van der Waals surface area contributed by atoms with E-state index in [1.807, 2.05) is 13.8 Å². The molecule has 1 saturated heterocycles. The Morgan fingerprint density at radius 2 is 2.35 bits per heavy atom. The highest BCUT2D eigenvalue weighted by Gasteiger charge is 2.34. The van der Waals surface area contributed by atoms with Crippen LogP contribution in [0.4, 0.5) is 0 Å². The number of hydrogen-bond acceptors (Lipinski definition) is 5. The van der Waals surface area contributed by atoms with Gasteiger partial charge in [-0.1, -0.05) is 6.08 Å². The van der Waals surface area contributed by atoms with Crippen molar-refractivity contribution in [1.29, 1.82) is 0 Å². The topological polar surface area (TPSA) is 65.0 Å². The number of hydrogen-bond donors (Lipinski definition) is 1. The van der Waals surface area contributed by atoms with E-state index in [4.69, 9.17) is 19.6 Å². The van der Waals surface area contributed by atoms with E-state index >= 15 is 0 Å². The van der Waals surface area contributed by atoms with Gasteiger partial charge in [0.05, 0.1) is 6.61 Å². The van der Waals surface area contributed by atoms with Crippen molar-refractivity contribution in [2.45, 2.75) is 45.3 Å². The largest absolute Gasteiger partial charge is 0.423 e. The summed E-state index contributed by atoms with van der Waals surface area (Å²) in [6.07, 6.45) is 6.54. The molecule has 20 heavy (non-hydrogen) atoms. The third-order valence-electron chi connectivity index (χ3n) is 3.52. The Morgan fingerprint density at radius 1 is 1.60 bits per heavy atom. The van der Waals surface area contributed by atoms with E-state index in [1.54, 1.807) is 25.2 Å². The molecule has 1 fully saturated rings. The molecule has 0 bridgehead atoms. The first kappa shape index (κ1) is 15.0. The number of carbonyl (C=O) groups is 1. The maximum Gasteiger partial charge on any atom is 0.339 e. The average molecular weight is 280 g/mol. The van der Waals surface area contributed by atoms with Gasteiger partial charge in [0.25, 0.3) is 0 Å². The molecule has 2 rings (SSSR count). The lowest BCUT2D eigenvalue weighted by Crippen LogP contribution is -2.36. The van der Waals surface area contributed by atoms with E-state index in [-0.39, 0.29) is 18.7 Å². The fourth-order valence-electron chi connectivity index (χ4n) is 2.21. The minimum absolute atomic E-state index is 0.00691. The minimum atomic E-state index is -0.618. The summed E-state index contributed by atoms with van der Waals surface area (Å²) >= 11 is 0. The van der Waals surface area contributed by atoms with Gasteiger partial charge in [-0.25, -0.2) is 14.6 Å². The van der Waals surface area contributed by atoms with Gasteiger partial charge in [-0.3, -0.25) is 0 Å². The molecule has 2 aliphatic heterocycles. The van der Waals surface area contributed by atoms with Crippen LogP contribution in [0, 0.1) is 0 Å². The summed E-state index contributed by atoms with van der Waals surface area (Å²) in [5.74, 6) is 0.177. The lowest BCUT2D eigenvalue weighted by molar-refractivity contribution is -0.386. The molecular weight excluding hydrogens is 260 g/mol. The molecule has 0 aromatic carbocycles. The number of aliphatic hydroxyl groups excluding tert-OH is 1. The predicted octanol–water partition coefficient (Wildman–Crippen LogP) is 2.18. The SMILES string of the molecule is CC1=C/C(=C/C2(C)CC[C@@H](/C(C)=C/CO)OO2)OC1=O. The summed E-state index contributed by atoms with van der Waals surface area (Å²) in [6, 6.07) is 0. The number of allylic oxidation sites excluding steroid dienone is 1. The van der Waals surface area contributed by atoms with Crippen molar-refractivity contribution >= 4 is 5.97 Å². The van der Waals surface area contributed by atoms with Crippen molar-refractivity contribution in [2.75, 3.05) is 6.61 Å². The van der Waals surface area contributed by atoms with Crippen LogP contribution in [0.3, 0.4) is 0 Å². The number of carbonyl (C=O) groups excluding carboxylic acids is 1. The molecule has 5 heteroatoms. The maximum absolute atomic E-state index is 11.3. The van der Waals surface area contributed by atoms with E-state index in [0.717, 1.165) is 18.4 Å². The smallest absolute Gasteiger partial charge is 0.339 e. The summed E-state index contributed by atoms with van der Waals surface area (Å²) in [4.78, 5) is 22.2. The van der Waals surface area contributed by atoms with E-state index in [9.17, 15) is 4.79 Å². The summed E-state index contributed by atoms with van der Waals surface area (Å²) in [6.45, 7) is 5.49. The zero-order valence-corrected chi connectivity index (χ0v) is 12.0. The standard InChI is InChI=1S/C15H20O5/c1-10(5-7-16)13-4-6-15(3,20-19-13)9-12-8-11(2)14(17)18-12/h5,8-9,13,16H,4,6-7H2,1-3H3/b10-5+,12-9-/t13-,15?/m0/s1. The number of esters is 1. The molecule has 5 nitrogen and oxygen atoms in total. The van der Waals surface area contributed by atoms with Gasteiger partial charge in [0.2, 0.25) is 0 Å². The van der Waals surface area contributed by atoms with Crippen molar-refractivity contribution in [3.05, 3.63) is 35.1 Å². The van der Waals surface area contributed by atoms with E-state index in [1.165, 1.54) is 0 Å². The molecule has 0 saturated carbocycles. The van der Waals surface area contributed by atoms with Gasteiger partial charge in [-0.15, -0.1) is 0 Å². The molecule has 110 valence electrons. The van der Waals surface area contributed by atoms with Crippen molar-refractivity contribution < 1.29 is 24.4 Å². The second kappa shape index (κ2) is 5.91. The fraction of sp³-hybridized carbons (Fsp3) is 0.533. The Labute approximate surface area is 118 Å². The van der Waals surface area contributed by atoms with Crippen LogP contribution in [0.25, 0.3) is 0 Å². The van der Waals surface area contributed by atoms with Gasteiger partial charge >= 0.3 is 5.97 Å². The van der Waals surface area contributed by atoms with Gasteiger partial charge in [0.1, 0.15) is 17.5 Å². The summed E-state index contributed by atoms with van der Waals surface area (Å²) in [5.41, 5.74) is 0.911. The molecular formula is C15H20O5. The number of rotatable bonds is 3. The zero-order valence-electron chi connectivity index (χ0n) is 12.0. The maximum atomic E-state index is 11.3. The van der Waals surface area contributed by atoms with Gasteiger partial charge in [-0.05, 0) is 51.3 Å². The third kappa shape index (κ3) is 3.36. The Kier molecular flexibility index (Phi) is 4.42. The van der Waals surface area contributed by atoms with E-state index in [2.05, 4.69) is 0 Å². The minimum Gasteiger partial charge on any atom is -0.423 e. The van der Waals surface area contributed by atoms with Crippen LogP contribution in [-0.2, 0) is 19.3 Å². The highest BCUT2D eigenvalue weighted by molar-refractivity contribution is 5.92. The molecule has 0 spiro atoms. The number of cyclic esters (lactones) is 1. The summed E-state index contributed by atoms with van der Waals surface area (Å²) in [7, 11) is 0. The first-order valence-electron chi connectivity index (χ1n) is 6.69. The first-order chi connectivity index (χ1) is 9.43. The van der Waals surface area contributed by atoms with E-state index < -0.39 is 5.60 Å². The quantitative estimate of drug-likeness (QED) is 0.487. The molecule has 0 aliphatic carbocycles. The van der Waals surface area contributed by atoms with Gasteiger partial charge in [0, 0.05) is 5.57 Å². The first-order valence-corrected chi connectivity index (χ1v) is 6.69. The summed E-state index contributed by atoms with van der Waals surface area (Å²) < 4.78 is 5.10. The van der Waals surface area contributed by atoms with Gasteiger partial charge < -0.3 is 9.84 Å². The molecule has 2 heterocycles. The molecule has 1 unspecified atom stereocenters. The predicted molar refractivity (Wildman–Crippen MR) is 72.4 cm³/mol. The second-order valence-electron chi connectivity index (χ2n) is 5.41. The van der Waals surface area contributed by atoms with Crippen LogP contribution in [0.1, 0.15) is 33.6 Å². The van der Waals surface area contributed by atoms with Crippen molar-refractivity contribution in [3.63, 3.8) is 0 Å². The zero-order chi connectivity index (χ0) is 14.8. The fourth-order valence-corrected chi connectivity index (χ4v) is 2.21. The Morgan fingerprint density at radius 3 is 2.85 bits per heavy atom. The monoisotopic (exact) mass is 280 g/mol. The lowest BCUT2D eigenvalue weighted by Gasteiger charge is -2.34. The van der Waals surface area contributed by atoms with Crippen LogP contribution in [-0.4, -0.2) is 29.4 Å². The second-order valence-corrected chi connectivity index (χ2v) is 5.41. The van der Waals surface area contributed by atoms with Crippen LogP contribution in [0.5, 0.6) is 0 Å². The van der Waals surface area contributed by atoms with Crippen molar-refractivity contribution in [3.8, 4) is 0 Å². The normalized spacial score (nSPS) is 33.3. The third-order valence-corrected chi connectivity index (χ3v) is 3.52. The van der Waals surface area contributed by atoms with Gasteiger partial charge in [-0.2, -0.15) is 0 Å². The lowest BCUT2D eigenvalue weighted by atomic mass is 9.93. The highest BCUT2D eigenvalue weighted by atomic mass is 17.2. The number of ether oxygens (including phenoxy) is 1. The van der Waals surface area contributed by atoms with Crippen LogP contribution in [0.15, 0.2) is 35.1 Å². The van der Waals surface area contributed by atoms with E-state index in [0.29, 0.717) is 11.3 Å². The molecule has 2 atom stereocenters. The molecule has 2 aliphatic rings. The Hall–Kier alpha value is -1.43. The van der Waals surface area contributed by atoms with Crippen molar-refractivity contribution in [2.24, 2.45) is 0 Å². The van der Waals surface area contributed by atoms with Gasteiger partial charge in [0.15, 0.2) is 0 Å². The van der Waals surface area contributed by atoms with Crippen LogP contribution >= 0.6 is 0 Å². The summed E-state index contributed by atoms with van der Waals surface area (Å²) in [5, 5.41) is 8.87. The van der Waals surface area contributed by atoms with Crippen LogP contribution < -0.4 is 0 Å². The molecule has 0 aromatic rings. The Balaban J connectivity index is 2.00. The number of aliphatic hydroxyl groups is 1. The molecule has 0 radical (unpaired) electrons.